The number of alkyl carbamates (subject to hydrolysis) is 1. The Bertz CT molecular complexity index is 1010. The van der Waals surface area contributed by atoms with Crippen molar-refractivity contribution in [3.05, 3.63) is 40.2 Å². The minimum Gasteiger partial charge on any atom is -0.464 e. The van der Waals surface area contributed by atoms with Crippen LogP contribution in [0.25, 0.3) is 10.9 Å². The van der Waals surface area contributed by atoms with Crippen LogP contribution in [0.4, 0.5) is 10.5 Å². The number of pyridine rings is 1. The first-order chi connectivity index (χ1) is 14.6. The van der Waals surface area contributed by atoms with Crippen molar-refractivity contribution in [3.63, 3.8) is 0 Å². The van der Waals surface area contributed by atoms with Crippen LogP contribution in [-0.4, -0.2) is 42.2 Å². The Morgan fingerprint density at radius 3 is 2.48 bits per heavy atom. The second kappa shape index (κ2) is 10.6. The van der Waals surface area contributed by atoms with E-state index in [0.717, 1.165) is 12.8 Å². The summed E-state index contributed by atoms with van der Waals surface area (Å²) < 4.78 is 9.77. The molecule has 0 radical (unpaired) electrons. The van der Waals surface area contributed by atoms with E-state index in [1.165, 1.54) is 13.2 Å². The summed E-state index contributed by atoms with van der Waals surface area (Å²) in [5, 5.41) is 5.81. The van der Waals surface area contributed by atoms with Gasteiger partial charge in [-0.25, -0.2) is 9.59 Å². The number of aromatic amines is 1. The molecule has 0 aliphatic carbocycles. The number of rotatable bonds is 8. The van der Waals surface area contributed by atoms with Crippen LogP contribution in [-0.2, 0) is 14.3 Å². The summed E-state index contributed by atoms with van der Waals surface area (Å²) in [5.74, 6) is -0.792. The highest BCUT2D eigenvalue weighted by Gasteiger charge is 2.15. The molecular weight excluding hydrogens is 402 g/mol. The van der Waals surface area contributed by atoms with Gasteiger partial charge in [-0.3, -0.25) is 9.59 Å². The van der Waals surface area contributed by atoms with Crippen LogP contribution in [0, 0.1) is 0 Å². The standard InChI is InChI=1S/C22H29N3O6/c1-22(2,3)31-21(29)23-11-7-5-6-8-19(27)24-14-9-10-16-15(12-14)18(26)13-17(25-16)20(28)30-4/h9-10,12-13H,5-8,11H2,1-4H3,(H,23,29)(H,24,27)(H,25,26). The lowest BCUT2D eigenvalue weighted by molar-refractivity contribution is -0.116. The number of amides is 2. The highest BCUT2D eigenvalue weighted by atomic mass is 16.6. The molecule has 0 aliphatic rings. The highest BCUT2D eigenvalue weighted by molar-refractivity contribution is 5.95. The molecule has 9 nitrogen and oxygen atoms in total. The molecule has 1 aromatic carbocycles. The van der Waals surface area contributed by atoms with Gasteiger partial charge in [0.25, 0.3) is 0 Å². The van der Waals surface area contributed by atoms with E-state index in [1.807, 2.05) is 0 Å². The molecule has 0 unspecified atom stereocenters. The van der Waals surface area contributed by atoms with E-state index in [0.29, 0.717) is 36.0 Å². The van der Waals surface area contributed by atoms with Gasteiger partial charge in [-0.1, -0.05) is 6.42 Å². The third kappa shape index (κ3) is 7.76. The first-order valence-corrected chi connectivity index (χ1v) is 10.1. The molecule has 0 fully saturated rings. The molecule has 0 saturated heterocycles. The van der Waals surface area contributed by atoms with Gasteiger partial charge in [-0.2, -0.15) is 0 Å². The number of hydrogen-bond acceptors (Lipinski definition) is 6. The Morgan fingerprint density at radius 1 is 1.06 bits per heavy atom. The van der Waals surface area contributed by atoms with Gasteiger partial charge in [0.1, 0.15) is 11.3 Å². The SMILES string of the molecule is COC(=O)c1cc(=O)c2cc(NC(=O)CCCCCNC(=O)OC(C)(C)C)ccc2[nH]1. The van der Waals surface area contributed by atoms with Crippen LogP contribution in [0.15, 0.2) is 29.1 Å². The molecule has 0 bridgehead atoms. The summed E-state index contributed by atoms with van der Waals surface area (Å²) in [5.41, 5.74) is 0.170. The molecular formula is C22H29N3O6. The van der Waals surface area contributed by atoms with Crippen LogP contribution >= 0.6 is 0 Å². The van der Waals surface area contributed by atoms with Gasteiger partial charge in [0.05, 0.1) is 12.6 Å². The molecule has 3 N–H and O–H groups in total. The highest BCUT2D eigenvalue weighted by Crippen LogP contribution is 2.16. The number of unbranched alkanes of at least 4 members (excludes halogenated alkanes) is 2. The third-order valence-electron chi connectivity index (χ3n) is 4.27. The minimum atomic E-state index is -0.627. The van der Waals surface area contributed by atoms with Crippen molar-refractivity contribution in [2.75, 3.05) is 19.0 Å². The monoisotopic (exact) mass is 431 g/mol. The summed E-state index contributed by atoms with van der Waals surface area (Å²) in [6, 6.07) is 6.02. The lowest BCUT2D eigenvalue weighted by Crippen LogP contribution is -2.33. The number of esters is 1. The maximum absolute atomic E-state index is 12.3. The zero-order chi connectivity index (χ0) is 23.0. The fourth-order valence-electron chi connectivity index (χ4n) is 2.86. The van der Waals surface area contributed by atoms with E-state index in [-0.39, 0.29) is 17.0 Å². The normalized spacial score (nSPS) is 11.1. The van der Waals surface area contributed by atoms with Gasteiger partial charge in [0, 0.05) is 30.1 Å². The van der Waals surface area contributed by atoms with Crippen molar-refractivity contribution in [2.24, 2.45) is 0 Å². The van der Waals surface area contributed by atoms with Crippen molar-refractivity contribution >= 4 is 34.6 Å². The van der Waals surface area contributed by atoms with Crippen LogP contribution in [0.5, 0.6) is 0 Å². The number of ether oxygens (including phenoxy) is 2. The number of carbonyl (C=O) groups is 3. The van der Waals surface area contributed by atoms with E-state index < -0.39 is 17.7 Å². The predicted octanol–water partition coefficient (Wildman–Crippen LogP) is 3.34. The van der Waals surface area contributed by atoms with E-state index in [4.69, 9.17) is 4.74 Å². The number of methoxy groups -OCH3 is 1. The van der Waals surface area contributed by atoms with Gasteiger partial charge in [0.15, 0.2) is 5.43 Å². The topological polar surface area (TPSA) is 127 Å². The Balaban J connectivity index is 1.79. The van der Waals surface area contributed by atoms with Gasteiger partial charge in [-0.05, 0) is 51.8 Å². The molecule has 0 saturated carbocycles. The lowest BCUT2D eigenvalue weighted by atomic mass is 10.1. The zero-order valence-electron chi connectivity index (χ0n) is 18.3. The van der Waals surface area contributed by atoms with E-state index in [9.17, 15) is 19.2 Å². The van der Waals surface area contributed by atoms with Crippen molar-refractivity contribution in [1.82, 2.24) is 10.3 Å². The number of anilines is 1. The molecule has 0 aliphatic heterocycles. The van der Waals surface area contributed by atoms with Crippen LogP contribution < -0.4 is 16.1 Å². The summed E-state index contributed by atoms with van der Waals surface area (Å²) in [4.78, 5) is 50.4. The molecule has 2 aromatic rings. The smallest absolute Gasteiger partial charge is 0.407 e. The number of benzene rings is 1. The van der Waals surface area contributed by atoms with Crippen LogP contribution in [0.2, 0.25) is 0 Å². The largest absolute Gasteiger partial charge is 0.464 e. The first kappa shape index (κ1) is 23.9. The van der Waals surface area contributed by atoms with Crippen molar-refractivity contribution < 1.29 is 23.9 Å². The quantitative estimate of drug-likeness (QED) is 0.435. The van der Waals surface area contributed by atoms with E-state index >= 15 is 0 Å². The van der Waals surface area contributed by atoms with Gasteiger partial charge >= 0.3 is 12.1 Å². The molecule has 0 atom stereocenters. The average Bonchev–Trinajstić information content (AvgIpc) is 2.68. The molecule has 1 aromatic heterocycles. The second-order valence-electron chi connectivity index (χ2n) is 8.09. The maximum atomic E-state index is 12.3. The van der Waals surface area contributed by atoms with Crippen LogP contribution in [0.3, 0.4) is 0 Å². The van der Waals surface area contributed by atoms with Gasteiger partial charge in [0.2, 0.25) is 5.91 Å². The van der Waals surface area contributed by atoms with Crippen molar-refractivity contribution in [2.45, 2.75) is 52.1 Å². The summed E-state index contributed by atoms with van der Waals surface area (Å²) in [7, 11) is 1.24. The molecule has 0 spiro atoms. The van der Waals surface area contributed by atoms with Crippen molar-refractivity contribution in [1.29, 1.82) is 0 Å². The predicted molar refractivity (Wildman–Crippen MR) is 117 cm³/mol. The van der Waals surface area contributed by atoms with Gasteiger partial charge < -0.3 is 25.1 Å². The molecule has 1 heterocycles. The Labute approximate surface area is 180 Å². The molecule has 31 heavy (non-hydrogen) atoms. The molecule has 168 valence electrons. The first-order valence-electron chi connectivity index (χ1n) is 10.1. The summed E-state index contributed by atoms with van der Waals surface area (Å²) in [6.07, 6.45) is 2.05. The molecule has 2 amide bonds. The lowest BCUT2D eigenvalue weighted by Gasteiger charge is -2.19. The van der Waals surface area contributed by atoms with E-state index in [2.05, 4.69) is 20.4 Å². The third-order valence-corrected chi connectivity index (χ3v) is 4.27. The van der Waals surface area contributed by atoms with Gasteiger partial charge in [-0.15, -0.1) is 0 Å². The summed E-state index contributed by atoms with van der Waals surface area (Å²) in [6.45, 7) is 5.89. The Kier molecular flexibility index (Phi) is 8.18. The van der Waals surface area contributed by atoms with Crippen molar-refractivity contribution in [3.8, 4) is 0 Å². The fourth-order valence-corrected chi connectivity index (χ4v) is 2.86. The molecule has 2 rings (SSSR count). The number of carbonyl (C=O) groups excluding carboxylic acids is 3. The number of fused-ring (bicyclic) bond motifs is 1. The maximum Gasteiger partial charge on any atom is 0.407 e. The Hall–Kier alpha value is -3.36. The number of nitrogens with one attached hydrogen (secondary N) is 3. The fraction of sp³-hybridized carbons (Fsp3) is 0.455. The number of hydrogen-bond donors (Lipinski definition) is 3. The number of H-pyrrole nitrogens is 1. The summed E-state index contributed by atoms with van der Waals surface area (Å²) >= 11 is 0. The minimum absolute atomic E-state index is 0.0675. The van der Waals surface area contributed by atoms with Crippen LogP contribution in [0.1, 0.15) is 56.9 Å². The Morgan fingerprint density at radius 2 is 1.81 bits per heavy atom. The zero-order valence-corrected chi connectivity index (χ0v) is 18.3. The number of aromatic nitrogens is 1. The van der Waals surface area contributed by atoms with E-state index in [1.54, 1.807) is 39.0 Å². The average molecular weight is 431 g/mol. The molecule has 9 heteroatoms. The second-order valence-corrected chi connectivity index (χ2v) is 8.09.